The molecule has 0 aliphatic heterocycles. The summed E-state index contributed by atoms with van der Waals surface area (Å²) < 4.78 is 0. The van der Waals surface area contributed by atoms with E-state index in [0.717, 1.165) is 36.8 Å². The molecule has 0 amide bonds. The minimum absolute atomic E-state index is 0. The second-order valence-electron chi connectivity index (χ2n) is 8.86. The molecule has 2 aromatic carbocycles. The molecule has 0 unspecified atom stereocenters. The Morgan fingerprint density at radius 1 is 0.545 bits per heavy atom. The van der Waals surface area contributed by atoms with Gasteiger partial charge in [0.25, 0.3) is 0 Å². The topological polar surface area (TPSA) is 57.2 Å². The summed E-state index contributed by atoms with van der Waals surface area (Å²) in [5, 5.41) is 10.3. The number of unbranched alkanes of at least 4 members (excludes halogenated alkanes) is 12. The predicted molar refractivity (Wildman–Crippen MR) is 130 cm³/mol. The van der Waals surface area contributed by atoms with Crippen LogP contribution in [-0.4, -0.2) is 11.8 Å². The van der Waals surface area contributed by atoms with E-state index < -0.39 is 5.97 Å². The number of carboxylic acids is 1. The number of rotatable bonds is 18. The van der Waals surface area contributed by atoms with Crippen molar-refractivity contribution in [1.29, 1.82) is 0 Å². The van der Waals surface area contributed by atoms with Crippen LogP contribution in [0.4, 0.5) is 0 Å². The van der Waals surface area contributed by atoms with Gasteiger partial charge in [0.15, 0.2) is 5.78 Å². The van der Waals surface area contributed by atoms with Gasteiger partial charge in [0.2, 0.25) is 0 Å². The minimum Gasteiger partial charge on any atom is -0.550 e. The maximum Gasteiger partial charge on any atom is 1.00 e. The van der Waals surface area contributed by atoms with Crippen LogP contribution in [-0.2, 0) is 11.2 Å². The molecule has 0 saturated heterocycles. The molecule has 0 heterocycles. The van der Waals surface area contributed by atoms with Gasteiger partial charge in [0, 0.05) is 17.1 Å². The van der Waals surface area contributed by atoms with Crippen LogP contribution in [0.15, 0.2) is 54.6 Å². The summed E-state index contributed by atoms with van der Waals surface area (Å²) in [5.41, 5.74) is 2.82. The molecular weight excluding hydrogens is 419 g/mol. The van der Waals surface area contributed by atoms with Crippen LogP contribution in [0, 0.1) is 0 Å². The summed E-state index contributed by atoms with van der Waals surface area (Å²) in [4.78, 5) is 22.8. The molecule has 0 aliphatic carbocycles. The largest absolute Gasteiger partial charge is 1.00 e. The van der Waals surface area contributed by atoms with Gasteiger partial charge in [-0.1, -0.05) is 125 Å². The van der Waals surface area contributed by atoms with Crippen molar-refractivity contribution in [3.05, 3.63) is 71.3 Å². The van der Waals surface area contributed by atoms with Crippen molar-refractivity contribution in [2.75, 3.05) is 0 Å². The number of hydrogen-bond donors (Lipinski definition) is 0. The molecule has 4 heteroatoms. The normalized spacial score (nSPS) is 10.5. The molecule has 0 radical (unpaired) electrons. The Kier molecular flexibility index (Phi) is 17.0. The molecule has 2 rings (SSSR count). The maximum atomic E-state index is 12.5. The summed E-state index contributed by atoms with van der Waals surface area (Å²) in [6.07, 6.45) is 17.2. The standard InChI is InChI=1S/C29H40O3.Na/c30-28(31)20-16-11-9-7-5-3-1-2-4-6-8-10-13-17-25-21-23-27(24-22-25)29(32)26-18-14-12-15-19-26;/h12,14-15,18-19,21-24H,1-11,13,16-17,20H2,(H,30,31);/q;+1/p-1. The van der Waals surface area contributed by atoms with Crippen molar-refractivity contribution < 1.29 is 44.3 Å². The molecule has 0 atom stereocenters. The van der Waals surface area contributed by atoms with Crippen molar-refractivity contribution in [3.8, 4) is 0 Å². The molecule has 0 fully saturated rings. The number of carbonyl (C=O) groups is 2. The number of hydrogen-bond acceptors (Lipinski definition) is 3. The van der Waals surface area contributed by atoms with E-state index in [1.807, 2.05) is 42.5 Å². The molecule has 0 bridgehead atoms. The van der Waals surface area contributed by atoms with E-state index in [0.29, 0.717) is 0 Å². The average molecular weight is 459 g/mol. The van der Waals surface area contributed by atoms with Crippen LogP contribution in [0.5, 0.6) is 0 Å². The van der Waals surface area contributed by atoms with Crippen molar-refractivity contribution in [1.82, 2.24) is 0 Å². The second-order valence-corrected chi connectivity index (χ2v) is 8.86. The third kappa shape index (κ3) is 13.8. The van der Waals surface area contributed by atoms with E-state index in [2.05, 4.69) is 12.1 Å². The molecule has 0 spiro atoms. The molecule has 3 nitrogen and oxygen atoms in total. The Morgan fingerprint density at radius 3 is 1.45 bits per heavy atom. The van der Waals surface area contributed by atoms with Gasteiger partial charge in [-0.05, 0) is 31.2 Å². The van der Waals surface area contributed by atoms with E-state index in [9.17, 15) is 14.7 Å². The zero-order valence-corrected chi connectivity index (χ0v) is 22.5. The smallest absolute Gasteiger partial charge is 0.550 e. The quantitative estimate of drug-likeness (QED) is 0.195. The Balaban J connectivity index is 0.00000544. The van der Waals surface area contributed by atoms with Gasteiger partial charge in [-0.15, -0.1) is 0 Å². The second kappa shape index (κ2) is 18.9. The number of ketones is 1. The maximum absolute atomic E-state index is 12.5. The van der Waals surface area contributed by atoms with Crippen LogP contribution in [0.3, 0.4) is 0 Å². The summed E-state index contributed by atoms with van der Waals surface area (Å²) in [7, 11) is 0. The van der Waals surface area contributed by atoms with Crippen molar-refractivity contribution in [3.63, 3.8) is 0 Å². The van der Waals surface area contributed by atoms with Gasteiger partial charge in [-0.3, -0.25) is 4.79 Å². The van der Waals surface area contributed by atoms with Crippen LogP contribution in [0.1, 0.15) is 111 Å². The summed E-state index contributed by atoms with van der Waals surface area (Å²) in [5.74, 6) is -0.832. The monoisotopic (exact) mass is 458 g/mol. The van der Waals surface area contributed by atoms with E-state index in [1.165, 1.54) is 69.8 Å². The molecule has 0 aliphatic rings. The number of aliphatic carboxylic acids is 1. The molecule has 2 aromatic rings. The van der Waals surface area contributed by atoms with Crippen molar-refractivity contribution >= 4 is 11.8 Å². The predicted octanol–water partition coefficient (Wildman–Crippen LogP) is 3.68. The number of benzene rings is 2. The van der Waals surface area contributed by atoms with E-state index >= 15 is 0 Å². The van der Waals surface area contributed by atoms with Crippen molar-refractivity contribution in [2.45, 2.75) is 96.3 Å². The van der Waals surface area contributed by atoms with Gasteiger partial charge >= 0.3 is 29.6 Å². The molecular formula is C29H39NaO3. The summed E-state index contributed by atoms with van der Waals surface area (Å²) in [6.45, 7) is 0. The van der Waals surface area contributed by atoms with Crippen LogP contribution in [0.2, 0.25) is 0 Å². The molecule has 0 N–H and O–H groups in total. The Morgan fingerprint density at radius 2 is 0.970 bits per heavy atom. The molecule has 33 heavy (non-hydrogen) atoms. The fourth-order valence-corrected chi connectivity index (χ4v) is 4.12. The Bertz CT molecular complexity index is 771. The van der Waals surface area contributed by atoms with E-state index in [1.54, 1.807) is 0 Å². The minimum atomic E-state index is -0.920. The van der Waals surface area contributed by atoms with Gasteiger partial charge < -0.3 is 9.90 Å². The first-order chi connectivity index (χ1) is 15.7. The number of carboxylic acid groups (broad SMARTS) is 1. The SMILES string of the molecule is O=C([O-])CCCCCCCCCCCCCCCc1ccc(C(=O)c2ccccc2)cc1.[Na+]. The zero-order chi connectivity index (χ0) is 22.9. The van der Waals surface area contributed by atoms with Gasteiger partial charge in [-0.2, -0.15) is 0 Å². The fraction of sp³-hybridized carbons (Fsp3) is 0.517. The van der Waals surface area contributed by atoms with Crippen LogP contribution in [0.25, 0.3) is 0 Å². The first-order valence-corrected chi connectivity index (χ1v) is 12.6. The molecule has 0 aromatic heterocycles. The third-order valence-electron chi connectivity index (χ3n) is 6.10. The van der Waals surface area contributed by atoms with Gasteiger partial charge in [0.1, 0.15) is 0 Å². The van der Waals surface area contributed by atoms with Crippen LogP contribution < -0.4 is 34.7 Å². The summed E-state index contributed by atoms with van der Waals surface area (Å²) >= 11 is 0. The van der Waals surface area contributed by atoms with E-state index in [-0.39, 0.29) is 41.8 Å². The molecule has 0 saturated carbocycles. The van der Waals surface area contributed by atoms with E-state index in [4.69, 9.17) is 0 Å². The van der Waals surface area contributed by atoms with Gasteiger partial charge in [0.05, 0.1) is 0 Å². The number of carbonyl (C=O) groups excluding carboxylic acids is 2. The fourth-order valence-electron chi connectivity index (χ4n) is 4.12. The Labute approximate surface area is 222 Å². The van der Waals surface area contributed by atoms with Crippen molar-refractivity contribution in [2.24, 2.45) is 0 Å². The first kappa shape index (κ1) is 29.6. The number of aryl methyl sites for hydroxylation is 1. The third-order valence-corrected chi connectivity index (χ3v) is 6.10. The summed E-state index contributed by atoms with van der Waals surface area (Å²) in [6, 6.07) is 17.6. The van der Waals surface area contributed by atoms with Crippen LogP contribution >= 0.6 is 0 Å². The first-order valence-electron chi connectivity index (χ1n) is 12.6. The Hall–Kier alpha value is -1.42. The zero-order valence-electron chi connectivity index (χ0n) is 20.5. The average Bonchev–Trinajstić information content (AvgIpc) is 2.82. The van der Waals surface area contributed by atoms with Gasteiger partial charge in [-0.25, -0.2) is 0 Å². The molecule has 174 valence electrons.